The molecule has 0 bridgehead atoms. The molecule has 1 nitrogen and oxygen atoms in total. The smallest absolute Gasteiger partial charge is 0.166 e. The molecule has 2 atom stereocenters. The second-order valence-electron chi connectivity index (χ2n) is 9.51. The van der Waals surface area contributed by atoms with Gasteiger partial charge in [-0.3, -0.25) is 0 Å². The molecule has 0 aromatic heterocycles. The van der Waals surface area contributed by atoms with Gasteiger partial charge in [0.1, 0.15) is 0 Å². The van der Waals surface area contributed by atoms with E-state index in [0.717, 1.165) is 32.1 Å². The van der Waals surface area contributed by atoms with Gasteiger partial charge in [-0.1, -0.05) is 68.0 Å². The van der Waals surface area contributed by atoms with Gasteiger partial charge in [-0.05, 0) is 60.8 Å². The SMILES string of the molecule is C=CCCCc1ccc(-c2ccc(-c3ccc(C4CCC(CCC)OC4)c(F)c3F)cc2)c(F)c1F. The summed E-state index contributed by atoms with van der Waals surface area (Å²) in [6.45, 7) is 6.14. The van der Waals surface area contributed by atoms with Crippen LogP contribution in [0, 0.1) is 23.3 Å². The van der Waals surface area contributed by atoms with Crippen molar-refractivity contribution in [2.75, 3.05) is 6.61 Å². The molecule has 0 saturated carbocycles. The van der Waals surface area contributed by atoms with Crippen LogP contribution in [-0.4, -0.2) is 12.7 Å². The van der Waals surface area contributed by atoms with Crippen molar-refractivity contribution in [1.82, 2.24) is 0 Å². The van der Waals surface area contributed by atoms with Gasteiger partial charge in [-0.15, -0.1) is 6.58 Å². The Morgan fingerprint density at radius 3 is 2.06 bits per heavy atom. The van der Waals surface area contributed by atoms with Crippen LogP contribution in [0.15, 0.2) is 61.2 Å². The third kappa shape index (κ3) is 5.57. The highest BCUT2D eigenvalue weighted by Crippen LogP contribution is 2.36. The van der Waals surface area contributed by atoms with Crippen LogP contribution in [0.4, 0.5) is 17.6 Å². The second kappa shape index (κ2) is 11.9. The lowest BCUT2D eigenvalue weighted by atomic mass is 9.88. The Morgan fingerprint density at radius 2 is 1.47 bits per heavy atom. The normalized spacial score (nSPS) is 17.8. The van der Waals surface area contributed by atoms with Gasteiger partial charge in [-0.2, -0.15) is 0 Å². The molecule has 1 saturated heterocycles. The highest BCUT2D eigenvalue weighted by atomic mass is 19.2. The average molecular weight is 497 g/mol. The summed E-state index contributed by atoms with van der Waals surface area (Å²) >= 11 is 0. The van der Waals surface area contributed by atoms with E-state index in [9.17, 15) is 8.78 Å². The summed E-state index contributed by atoms with van der Waals surface area (Å²) in [6.07, 6.45) is 7.44. The van der Waals surface area contributed by atoms with Gasteiger partial charge in [0, 0.05) is 17.0 Å². The molecule has 0 amide bonds. The fourth-order valence-electron chi connectivity index (χ4n) is 4.98. The summed E-state index contributed by atoms with van der Waals surface area (Å²) in [6, 6.07) is 12.8. The highest BCUT2D eigenvalue weighted by molar-refractivity contribution is 5.71. The first-order valence-corrected chi connectivity index (χ1v) is 12.7. The summed E-state index contributed by atoms with van der Waals surface area (Å²) in [5, 5.41) is 0. The van der Waals surface area contributed by atoms with E-state index in [1.807, 2.05) is 0 Å². The lowest BCUT2D eigenvalue weighted by Gasteiger charge is -2.29. The molecular weight excluding hydrogens is 464 g/mol. The molecular formula is C31H32F4O. The van der Waals surface area contributed by atoms with Crippen molar-refractivity contribution in [2.45, 2.75) is 63.9 Å². The van der Waals surface area contributed by atoms with Crippen LogP contribution in [0.3, 0.4) is 0 Å². The van der Waals surface area contributed by atoms with E-state index < -0.39 is 23.3 Å². The van der Waals surface area contributed by atoms with Crippen molar-refractivity contribution in [2.24, 2.45) is 0 Å². The lowest BCUT2D eigenvalue weighted by Crippen LogP contribution is -2.25. The maximum atomic E-state index is 15.1. The number of ether oxygens (including phenoxy) is 1. The standard InChI is InChI=1S/C31H32F4O/c1-3-5-6-8-22-14-16-25(29(33)28(22)32)20-9-11-21(12-10-20)26-17-18-27(31(35)30(26)34)23-13-15-24(7-4-2)36-19-23/h3,9-12,14,16-18,23-24H,1,4-8,13,15,19H2,2H3. The van der Waals surface area contributed by atoms with Crippen LogP contribution in [0.2, 0.25) is 0 Å². The Bertz CT molecular complexity index is 1190. The number of benzene rings is 3. The van der Waals surface area contributed by atoms with E-state index in [4.69, 9.17) is 4.74 Å². The minimum atomic E-state index is -0.906. The number of rotatable bonds is 9. The summed E-state index contributed by atoms with van der Waals surface area (Å²) in [5.74, 6) is -3.67. The van der Waals surface area contributed by atoms with Gasteiger partial charge in [0.15, 0.2) is 23.3 Å². The van der Waals surface area contributed by atoms with Crippen LogP contribution in [0.5, 0.6) is 0 Å². The first-order chi connectivity index (χ1) is 17.4. The van der Waals surface area contributed by atoms with E-state index in [1.54, 1.807) is 54.6 Å². The van der Waals surface area contributed by atoms with Crippen LogP contribution in [-0.2, 0) is 11.2 Å². The van der Waals surface area contributed by atoms with Gasteiger partial charge < -0.3 is 4.74 Å². The first-order valence-electron chi connectivity index (χ1n) is 12.7. The van der Waals surface area contributed by atoms with E-state index >= 15 is 8.78 Å². The third-order valence-electron chi connectivity index (χ3n) is 7.06. The largest absolute Gasteiger partial charge is 0.378 e. The van der Waals surface area contributed by atoms with Gasteiger partial charge in [0.05, 0.1) is 12.7 Å². The van der Waals surface area contributed by atoms with Crippen LogP contribution in [0.25, 0.3) is 22.3 Å². The predicted molar refractivity (Wildman–Crippen MR) is 137 cm³/mol. The molecule has 1 heterocycles. The van der Waals surface area contributed by atoms with Crippen molar-refractivity contribution in [3.05, 3.63) is 95.6 Å². The molecule has 190 valence electrons. The molecule has 3 aromatic rings. The number of unbranched alkanes of at least 4 members (excludes halogenated alkanes) is 1. The topological polar surface area (TPSA) is 9.23 Å². The molecule has 0 N–H and O–H groups in total. The minimum Gasteiger partial charge on any atom is -0.378 e. The van der Waals surface area contributed by atoms with Crippen LogP contribution >= 0.6 is 0 Å². The molecule has 1 fully saturated rings. The third-order valence-corrected chi connectivity index (χ3v) is 7.06. The average Bonchev–Trinajstić information content (AvgIpc) is 2.89. The molecule has 0 aliphatic carbocycles. The van der Waals surface area contributed by atoms with E-state index in [-0.39, 0.29) is 23.1 Å². The number of allylic oxidation sites excluding steroid dienone is 1. The fraction of sp³-hybridized carbons (Fsp3) is 0.355. The molecule has 0 radical (unpaired) electrons. The zero-order chi connectivity index (χ0) is 25.7. The maximum absolute atomic E-state index is 15.1. The van der Waals surface area contributed by atoms with Crippen molar-refractivity contribution in [3.63, 3.8) is 0 Å². The number of aryl methyl sites for hydroxylation is 1. The Labute approximate surface area is 210 Å². The summed E-state index contributed by atoms with van der Waals surface area (Å²) in [4.78, 5) is 0. The molecule has 5 heteroatoms. The fourth-order valence-corrected chi connectivity index (χ4v) is 4.98. The molecule has 2 unspecified atom stereocenters. The summed E-state index contributed by atoms with van der Waals surface area (Å²) in [7, 11) is 0. The van der Waals surface area contributed by atoms with E-state index in [0.29, 0.717) is 41.7 Å². The molecule has 3 aromatic carbocycles. The van der Waals surface area contributed by atoms with E-state index in [2.05, 4.69) is 13.5 Å². The van der Waals surface area contributed by atoms with Gasteiger partial charge in [0.2, 0.25) is 0 Å². The van der Waals surface area contributed by atoms with Gasteiger partial charge >= 0.3 is 0 Å². The zero-order valence-electron chi connectivity index (χ0n) is 20.6. The highest BCUT2D eigenvalue weighted by Gasteiger charge is 2.27. The molecule has 1 aliphatic heterocycles. The number of halogens is 4. The zero-order valence-corrected chi connectivity index (χ0v) is 20.6. The number of hydrogen-bond donors (Lipinski definition) is 0. The Kier molecular flexibility index (Phi) is 8.63. The number of hydrogen-bond acceptors (Lipinski definition) is 1. The predicted octanol–water partition coefficient (Wildman–Crippen LogP) is 9.15. The van der Waals surface area contributed by atoms with Crippen LogP contribution in [0.1, 0.15) is 62.5 Å². The van der Waals surface area contributed by atoms with Crippen molar-refractivity contribution in [1.29, 1.82) is 0 Å². The summed E-state index contributed by atoms with van der Waals surface area (Å²) < 4.78 is 65.3. The minimum absolute atomic E-state index is 0.132. The Hall–Kier alpha value is -2.92. The van der Waals surface area contributed by atoms with E-state index in [1.165, 1.54) is 0 Å². The molecule has 0 spiro atoms. The van der Waals surface area contributed by atoms with Crippen molar-refractivity contribution >= 4 is 0 Å². The molecule has 4 rings (SSSR count). The van der Waals surface area contributed by atoms with Crippen molar-refractivity contribution < 1.29 is 22.3 Å². The van der Waals surface area contributed by atoms with Crippen molar-refractivity contribution in [3.8, 4) is 22.3 Å². The molecule has 36 heavy (non-hydrogen) atoms. The summed E-state index contributed by atoms with van der Waals surface area (Å²) in [5.41, 5.74) is 1.86. The Morgan fingerprint density at radius 1 is 0.833 bits per heavy atom. The van der Waals surface area contributed by atoms with Gasteiger partial charge in [0.25, 0.3) is 0 Å². The second-order valence-corrected chi connectivity index (χ2v) is 9.51. The Balaban J connectivity index is 1.52. The quantitative estimate of drug-likeness (QED) is 0.163. The lowest BCUT2D eigenvalue weighted by molar-refractivity contribution is -0.00181. The van der Waals surface area contributed by atoms with Gasteiger partial charge in [-0.25, -0.2) is 17.6 Å². The van der Waals surface area contributed by atoms with Crippen LogP contribution < -0.4 is 0 Å². The maximum Gasteiger partial charge on any atom is 0.166 e. The first kappa shape index (κ1) is 26.2. The monoisotopic (exact) mass is 496 g/mol. The molecule has 1 aliphatic rings.